The molecule has 66 valence electrons. The van der Waals surface area contributed by atoms with E-state index in [4.69, 9.17) is 9.47 Å². The van der Waals surface area contributed by atoms with Crippen LogP contribution in [0.5, 0.6) is 0 Å². The fourth-order valence-electron chi connectivity index (χ4n) is 0.817. The molecular weight excluding hydrogens is 140 g/mol. The minimum absolute atomic E-state index is 0.387. The second kappa shape index (κ2) is 4.73. The van der Waals surface area contributed by atoms with Crippen LogP contribution in [0.15, 0.2) is 0 Å². The molecule has 2 heteroatoms. The number of rotatable bonds is 6. The molecule has 0 aliphatic heterocycles. The molecular formula is C9H18O2. The lowest BCUT2D eigenvalue weighted by atomic mass is 10.3. The average Bonchev–Trinajstić information content (AvgIpc) is 2.81. The van der Waals surface area contributed by atoms with Gasteiger partial charge in [0, 0.05) is 0 Å². The molecule has 0 aromatic carbocycles. The predicted octanol–water partition coefficient (Wildman–Crippen LogP) is 1.98. The van der Waals surface area contributed by atoms with Gasteiger partial charge < -0.3 is 9.47 Å². The third-order valence-corrected chi connectivity index (χ3v) is 1.94. The smallest absolute Gasteiger partial charge is 0.0704 e. The summed E-state index contributed by atoms with van der Waals surface area (Å²) in [6, 6.07) is 0. The third kappa shape index (κ3) is 4.38. The molecule has 0 bridgehead atoms. The Balaban J connectivity index is 1.79. The van der Waals surface area contributed by atoms with Crippen molar-refractivity contribution in [2.75, 3.05) is 13.2 Å². The largest absolute Gasteiger partial charge is 0.376 e. The van der Waals surface area contributed by atoms with E-state index >= 15 is 0 Å². The van der Waals surface area contributed by atoms with Crippen LogP contribution in [0.4, 0.5) is 0 Å². The molecule has 0 amide bonds. The monoisotopic (exact) mass is 158 g/mol. The summed E-state index contributed by atoms with van der Waals surface area (Å²) < 4.78 is 10.9. The summed E-state index contributed by atoms with van der Waals surface area (Å²) >= 11 is 0. The SMILES string of the molecule is CCC(C)OCCOC1CC1. The van der Waals surface area contributed by atoms with Crippen LogP contribution in [-0.2, 0) is 9.47 Å². The van der Waals surface area contributed by atoms with Crippen molar-refractivity contribution in [2.24, 2.45) is 0 Å². The van der Waals surface area contributed by atoms with E-state index in [1.807, 2.05) is 0 Å². The minimum atomic E-state index is 0.387. The summed E-state index contributed by atoms with van der Waals surface area (Å²) in [6.45, 7) is 5.75. The van der Waals surface area contributed by atoms with E-state index in [-0.39, 0.29) is 0 Å². The summed E-state index contributed by atoms with van der Waals surface area (Å²) in [7, 11) is 0. The highest BCUT2D eigenvalue weighted by Crippen LogP contribution is 2.22. The lowest BCUT2D eigenvalue weighted by molar-refractivity contribution is 0.00614. The summed E-state index contributed by atoms with van der Waals surface area (Å²) in [4.78, 5) is 0. The van der Waals surface area contributed by atoms with Gasteiger partial charge in [0.05, 0.1) is 25.4 Å². The molecule has 0 aromatic rings. The van der Waals surface area contributed by atoms with Crippen molar-refractivity contribution in [1.29, 1.82) is 0 Å². The van der Waals surface area contributed by atoms with Gasteiger partial charge in [0.1, 0.15) is 0 Å². The van der Waals surface area contributed by atoms with Crippen LogP contribution in [0.1, 0.15) is 33.1 Å². The molecule has 0 radical (unpaired) electrons. The lowest BCUT2D eigenvalue weighted by Gasteiger charge is -2.09. The quantitative estimate of drug-likeness (QED) is 0.550. The highest BCUT2D eigenvalue weighted by atomic mass is 16.5. The molecule has 11 heavy (non-hydrogen) atoms. The van der Waals surface area contributed by atoms with Gasteiger partial charge in [0.15, 0.2) is 0 Å². The molecule has 0 heterocycles. The highest BCUT2D eigenvalue weighted by Gasteiger charge is 2.21. The highest BCUT2D eigenvalue weighted by molar-refractivity contribution is 4.72. The summed E-state index contributed by atoms with van der Waals surface area (Å²) in [5, 5.41) is 0. The first-order valence-electron chi connectivity index (χ1n) is 4.56. The fourth-order valence-corrected chi connectivity index (χ4v) is 0.817. The van der Waals surface area contributed by atoms with E-state index in [0.29, 0.717) is 12.2 Å². The zero-order valence-corrected chi connectivity index (χ0v) is 7.51. The van der Waals surface area contributed by atoms with Crippen LogP contribution < -0.4 is 0 Å². The zero-order chi connectivity index (χ0) is 8.10. The molecule has 1 aliphatic rings. The second-order valence-corrected chi connectivity index (χ2v) is 3.16. The molecule has 0 saturated heterocycles. The Bertz CT molecular complexity index is 99.7. The summed E-state index contributed by atoms with van der Waals surface area (Å²) in [5.74, 6) is 0. The first kappa shape index (κ1) is 9.01. The van der Waals surface area contributed by atoms with Crippen molar-refractivity contribution in [3.05, 3.63) is 0 Å². The molecule has 1 rings (SSSR count). The molecule has 0 aromatic heterocycles. The number of hydrogen-bond acceptors (Lipinski definition) is 2. The van der Waals surface area contributed by atoms with Crippen LogP contribution in [0.2, 0.25) is 0 Å². The first-order valence-corrected chi connectivity index (χ1v) is 4.56. The average molecular weight is 158 g/mol. The Morgan fingerprint density at radius 1 is 1.36 bits per heavy atom. The zero-order valence-electron chi connectivity index (χ0n) is 7.51. The molecule has 1 aliphatic carbocycles. The molecule has 1 unspecified atom stereocenters. The third-order valence-electron chi connectivity index (χ3n) is 1.94. The van der Waals surface area contributed by atoms with Crippen LogP contribution in [0.25, 0.3) is 0 Å². The van der Waals surface area contributed by atoms with Gasteiger partial charge in [-0.25, -0.2) is 0 Å². The Morgan fingerprint density at radius 3 is 2.64 bits per heavy atom. The van der Waals surface area contributed by atoms with Gasteiger partial charge >= 0.3 is 0 Å². The van der Waals surface area contributed by atoms with Gasteiger partial charge in [-0.15, -0.1) is 0 Å². The number of hydrogen-bond donors (Lipinski definition) is 0. The second-order valence-electron chi connectivity index (χ2n) is 3.16. The van der Waals surface area contributed by atoms with Gasteiger partial charge in [-0.05, 0) is 26.2 Å². The van der Waals surface area contributed by atoms with Gasteiger partial charge in [-0.1, -0.05) is 6.92 Å². The van der Waals surface area contributed by atoms with Gasteiger partial charge in [0.2, 0.25) is 0 Å². The molecule has 1 fully saturated rings. The summed E-state index contributed by atoms with van der Waals surface area (Å²) in [6.07, 6.45) is 4.55. The van der Waals surface area contributed by atoms with E-state index in [1.54, 1.807) is 0 Å². The van der Waals surface area contributed by atoms with Crippen LogP contribution >= 0.6 is 0 Å². The van der Waals surface area contributed by atoms with Gasteiger partial charge in [-0.2, -0.15) is 0 Å². The van der Waals surface area contributed by atoms with Gasteiger partial charge in [-0.3, -0.25) is 0 Å². The van der Waals surface area contributed by atoms with Crippen molar-refractivity contribution in [1.82, 2.24) is 0 Å². The predicted molar refractivity (Wildman–Crippen MR) is 44.7 cm³/mol. The fraction of sp³-hybridized carbons (Fsp3) is 1.00. The van der Waals surface area contributed by atoms with Gasteiger partial charge in [0.25, 0.3) is 0 Å². The Hall–Kier alpha value is -0.0800. The number of ether oxygens (including phenoxy) is 2. The Kier molecular flexibility index (Phi) is 3.87. The van der Waals surface area contributed by atoms with Crippen molar-refractivity contribution < 1.29 is 9.47 Å². The van der Waals surface area contributed by atoms with Crippen LogP contribution in [0, 0.1) is 0 Å². The van der Waals surface area contributed by atoms with Crippen molar-refractivity contribution >= 4 is 0 Å². The molecule has 0 N–H and O–H groups in total. The summed E-state index contributed by atoms with van der Waals surface area (Å²) in [5.41, 5.74) is 0. The minimum Gasteiger partial charge on any atom is -0.376 e. The lowest BCUT2D eigenvalue weighted by Crippen LogP contribution is -2.12. The van der Waals surface area contributed by atoms with Crippen LogP contribution in [0.3, 0.4) is 0 Å². The van der Waals surface area contributed by atoms with E-state index in [1.165, 1.54) is 12.8 Å². The molecule has 1 atom stereocenters. The molecule has 0 spiro atoms. The van der Waals surface area contributed by atoms with E-state index in [9.17, 15) is 0 Å². The van der Waals surface area contributed by atoms with Crippen molar-refractivity contribution in [2.45, 2.75) is 45.3 Å². The van der Waals surface area contributed by atoms with Crippen LogP contribution in [-0.4, -0.2) is 25.4 Å². The molecule has 1 saturated carbocycles. The maximum atomic E-state index is 5.44. The Labute approximate surface area is 68.9 Å². The maximum absolute atomic E-state index is 5.44. The van der Waals surface area contributed by atoms with Crippen molar-refractivity contribution in [3.8, 4) is 0 Å². The van der Waals surface area contributed by atoms with E-state index in [2.05, 4.69) is 13.8 Å². The topological polar surface area (TPSA) is 18.5 Å². The maximum Gasteiger partial charge on any atom is 0.0704 e. The Morgan fingerprint density at radius 2 is 2.09 bits per heavy atom. The van der Waals surface area contributed by atoms with E-state index in [0.717, 1.165) is 19.6 Å². The normalized spacial score (nSPS) is 20.2. The first-order chi connectivity index (χ1) is 5.33. The van der Waals surface area contributed by atoms with E-state index < -0.39 is 0 Å². The molecule has 2 nitrogen and oxygen atoms in total. The van der Waals surface area contributed by atoms with Crippen molar-refractivity contribution in [3.63, 3.8) is 0 Å². The standard InChI is InChI=1S/C9H18O2/c1-3-8(2)10-6-7-11-9-4-5-9/h8-9H,3-7H2,1-2H3.